The average Bonchev–Trinajstić information content (AvgIpc) is 3.55. The number of hydrogen-bond acceptors (Lipinski definition) is 9. The van der Waals surface area contributed by atoms with Gasteiger partial charge >= 0.3 is 5.91 Å². The molecule has 3 heterocycles. The minimum atomic E-state index is -0.904. The van der Waals surface area contributed by atoms with Crippen molar-refractivity contribution < 1.29 is 19.4 Å². The fraction of sp³-hybridized carbons (Fsp3) is 0.207. The Labute approximate surface area is 234 Å². The van der Waals surface area contributed by atoms with E-state index in [1.807, 2.05) is 30.3 Å². The second-order valence-electron chi connectivity index (χ2n) is 8.81. The summed E-state index contributed by atoms with van der Waals surface area (Å²) < 4.78 is 6.38. The fourth-order valence-corrected chi connectivity index (χ4v) is 5.98. The summed E-state index contributed by atoms with van der Waals surface area (Å²) in [6.45, 7) is 2.69. The summed E-state index contributed by atoms with van der Waals surface area (Å²) in [6, 6.07) is 19.4. The number of ketones is 1. The molecule has 0 radical (unpaired) electrons. The Balaban J connectivity index is 1.47. The second kappa shape index (κ2) is 12.2. The summed E-state index contributed by atoms with van der Waals surface area (Å²) in [5.74, 6) is -0.482. The minimum absolute atomic E-state index is 0.0265. The number of amides is 1. The van der Waals surface area contributed by atoms with E-state index < -0.39 is 17.7 Å². The van der Waals surface area contributed by atoms with Crippen molar-refractivity contribution in [3.05, 3.63) is 101 Å². The van der Waals surface area contributed by atoms with E-state index in [1.54, 1.807) is 48.8 Å². The quantitative estimate of drug-likeness (QED) is 0.0628. The van der Waals surface area contributed by atoms with Gasteiger partial charge < -0.3 is 9.84 Å². The van der Waals surface area contributed by atoms with Crippen LogP contribution in [0, 0.1) is 0 Å². The average molecular weight is 559 g/mol. The van der Waals surface area contributed by atoms with Crippen molar-refractivity contribution in [3.8, 4) is 5.75 Å². The summed E-state index contributed by atoms with van der Waals surface area (Å²) in [4.78, 5) is 32.2. The van der Waals surface area contributed by atoms with Crippen molar-refractivity contribution in [1.29, 1.82) is 0 Å². The van der Waals surface area contributed by atoms with Crippen LogP contribution in [-0.2, 0) is 15.3 Å². The van der Waals surface area contributed by atoms with E-state index in [0.29, 0.717) is 33.6 Å². The molecule has 1 fully saturated rings. The van der Waals surface area contributed by atoms with Gasteiger partial charge in [-0.15, -0.1) is 10.2 Å². The Hall–Kier alpha value is -4.02. The van der Waals surface area contributed by atoms with E-state index in [4.69, 9.17) is 4.74 Å². The Morgan fingerprint density at radius 2 is 1.85 bits per heavy atom. The Kier molecular flexibility index (Phi) is 8.33. The van der Waals surface area contributed by atoms with Crippen molar-refractivity contribution in [2.24, 2.45) is 0 Å². The van der Waals surface area contributed by atoms with E-state index in [1.165, 1.54) is 28.0 Å². The fourth-order valence-electron chi connectivity index (χ4n) is 4.16. The van der Waals surface area contributed by atoms with Gasteiger partial charge in [-0.1, -0.05) is 72.8 Å². The van der Waals surface area contributed by atoms with Crippen LogP contribution in [0.3, 0.4) is 0 Å². The smallest absolute Gasteiger partial charge is 0.301 e. The number of pyridine rings is 1. The normalized spacial score (nSPS) is 16.5. The van der Waals surface area contributed by atoms with Gasteiger partial charge in [-0.05, 0) is 47.9 Å². The molecule has 1 amide bonds. The van der Waals surface area contributed by atoms with E-state index in [-0.39, 0.29) is 16.5 Å². The van der Waals surface area contributed by atoms with Crippen LogP contribution in [-0.4, -0.2) is 38.6 Å². The highest BCUT2D eigenvalue weighted by atomic mass is 32.2. The molecule has 1 atom stereocenters. The Morgan fingerprint density at radius 3 is 2.56 bits per heavy atom. The van der Waals surface area contributed by atoms with Crippen LogP contribution in [0.25, 0.3) is 5.76 Å². The molecule has 1 aliphatic rings. The van der Waals surface area contributed by atoms with Crippen LogP contribution in [0.2, 0.25) is 0 Å². The van der Waals surface area contributed by atoms with E-state index in [9.17, 15) is 14.7 Å². The van der Waals surface area contributed by atoms with Gasteiger partial charge in [0.05, 0.1) is 18.2 Å². The number of carbonyl (C=O) groups is 2. The number of aliphatic hydroxyl groups is 1. The molecule has 1 aliphatic heterocycles. The molecule has 0 spiro atoms. The number of thioether (sulfide) groups is 1. The van der Waals surface area contributed by atoms with Gasteiger partial charge in [0.15, 0.2) is 4.34 Å². The zero-order chi connectivity index (χ0) is 27.2. The predicted molar refractivity (Wildman–Crippen MR) is 152 cm³/mol. The number of unbranched alkanes of at least 4 members (excludes halogenated alkanes) is 1. The van der Waals surface area contributed by atoms with Crippen LogP contribution >= 0.6 is 23.1 Å². The molecule has 4 aromatic rings. The Bertz CT molecular complexity index is 1470. The molecule has 1 N–H and O–H groups in total. The second-order valence-corrected chi connectivity index (χ2v) is 11.0. The first-order valence-corrected chi connectivity index (χ1v) is 14.3. The first kappa shape index (κ1) is 26.6. The van der Waals surface area contributed by atoms with Crippen LogP contribution in [0.4, 0.5) is 5.13 Å². The number of nitrogens with zero attached hydrogens (tertiary/aromatic N) is 4. The van der Waals surface area contributed by atoms with Crippen LogP contribution in [0.1, 0.15) is 42.5 Å². The third-order valence-electron chi connectivity index (χ3n) is 6.15. The molecule has 39 heavy (non-hydrogen) atoms. The molecule has 5 rings (SSSR count). The third-order valence-corrected chi connectivity index (χ3v) is 8.27. The highest BCUT2D eigenvalue weighted by Gasteiger charge is 2.48. The van der Waals surface area contributed by atoms with Crippen LogP contribution in [0.5, 0.6) is 5.75 Å². The molecule has 2 aromatic carbocycles. The topological polar surface area (TPSA) is 106 Å². The van der Waals surface area contributed by atoms with Gasteiger partial charge in [-0.25, -0.2) is 0 Å². The predicted octanol–water partition coefficient (Wildman–Crippen LogP) is 6.03. The summed E-state index contributed by atoms with van der Waals surface area (Å²) in [5.41, 5.74) is 2.09. The zero-order valence-electron chi connectivity index (χ0n) is 21.2. The summed E-state index contributed by atoms with van der Waals surface area (Å²) in [6.07, 6.45) is 5.15. The van der Waals surface area contributed by atoms with Gasteiger partial charge in [0.2, 0.25) is 5.13 Å². The van der Waals surface area contributed by atoms with Crippen molar-refractivity contribution in [1.82, 2.24) is 15.2 Å². The first-order valence-electron chi connectivity index (χ1n) is 12.5. The molecule has 1 unspecified atom stereocenters. The number of Topliss-reactive ketones (excluding diaryl/α,β-unsaturated/α-hetero) is 1. The SMILES string of the molecule is CCCCOc1ccc(/C(O)=C2/C(=O)C(=O)N(c3nnc(SCc4ccccc4)s3)C2c2cccnc2)cc1. The molecule has 8 nitrogen and oxygen atoms in total. The standard InChI is InChI=1S/C29H26N4O4S2/c1-2-3-16-37-22-13-11-20(12-14-22)25(34)23-24(21-10-7-15-30-17-21)33(27(36)26(23)35)28-31-32-29(39-28)38-18-19-8-5-4-6-9-19/h4-15,17,24,34H,2-3,16,18H2,1H3/b25-23-. The lowest BCUT2D eigenvalue weighted by atomic mass is 9.96. The maximum atomic E-state index is 13.3. The molecule has 2 aromatic heterocycles. The van der Waals surface area contributed by atoms with Gasteiger partial charge in [-0.3, -0.25) is 19.5 Å². The highest BCUT2D eigenvalue weighted by Crippen LogP contribution is 2.44. The van der Waals surface area contributed by atoms with Gasteiger partial charge in [0.25, 0.3) is 5.78 Å². The van der Waals surface area contributed by atoms with Crippen LogP contribution < -0.4 is 9.64 Å². The summed E-state index contributed by atoms with van der Waals surface area (Å²) in [5, 5.41) is 20.1. The number of benzene rings is 2. The zero-order valence-corrected chi connectivity index (χ0v) is 22.8. The van der Waals surface area contributed by atoms with Crippen molar-refractivity contribution in [2.45, 2.75) is 35.9 Å². The number of carbonyl (C=O) groups excluding carboxylic acids is 2. The molecule has 0 bridgehead atoms. The molecular formula is C29H26N4O4S2. The Morgan fingerprint density at radius 1 is 1.05 bits per heavy atom. The minimum Gasteiger partial charge on any atom is -0.507 e. The lowest BCUT2D eigenvalue weighted by Crippen LogP contribution is -2.29. The molecule has 198 valence electrons. The number of ether oxygens (including phenoxy) is 1. The van der Waals surface area contributed by atoms with Gasteiger partial charge in [-0.2, -0.15) is 0 Å². The summed E-state index contributed by atoms with van der Waals surface area (Å²) >= 11 is 2.73. The van der Waals surface area contributed by atoms with Crippen molar-refractivity contribution >= 4 is 45.7 Å². The monoisotopic (exact) mass is 558 g/mol. The van der Waals surface area contributed by atoms with Crippen molar-refractivity contribution in [3.63, 3.8) is 0 Å². The third kappa shape index (κ3) is 5.86. The number of rotatable bonds is 10. The number of anilines is 1. The largest absolute Gasteiger partial charge is 0.507 e. The highest BCUT2D eigenvalue weighted by molar-refractivity contribution is 8.00. The lowest BCUT2D eigenvalue weighted by Gasteiger charge is -2.22. The summed E-state index contributed by atoms with van der Waals surface area (Å²) in [7, 11) is 0. The maximum absolute atomic E-state index is 13.3. The lowest BCUT2D eigenvalue weighted by molar-refractivity contribution is -0.132. The van der Waals surface area contributed by atoms with Crippen molar-refractivity contribution in [2.75, 3.05) is 11.5 Å². The number of aliphatic hydroxyl groups excluding tert-OH is 1. The molecule has 10 heteroatoms. The van der Waals surface area contributed by atoms with Gasteiger partial charge in [0.1, 0.15) is 11.5 Å². The molecule has 1 saturated heterocycles. The number of aromatic nitrogens is 3. The van der Waals surface area contributed by atoms with Gasteiger partial charge in [0, 0.05) is 23.7 Å². The van der Waals surface area contributed by atoms with Crippen LogP contribution in [0.15, 0.2) is 89.0 Å². The first-order chi connectivity index (χ1) is 19.1. The van der Waals surface area contributed by atoms with E-state index in [0.717, 1.165) is 18.4 Å². The maximum Gasteiger partial charge on any atom is 0.301 e. The molecule has 0 aliphatic carbocycles. The molecule has 0 saturated carbocycles. The van der Waals surface area contributed by atoms with E-state index in [2.05, 4.69) is 22.1 Å². The van der Waals surface area contributed by atoms with E-state index >= 15 is 0 Å². The molecular weight excluding hydrogens is 532 g/mol. The number of hydrogen-bond donors (Lipinski definition) is 1.